The zero-order chi connectivity index (χ0) is 15.7. The molecule has 0 aliphatic heterocycles. The summed E-state index contributed by atoms with van der Waals surface area (Å²) in [5.41, 5.74) is 4.43. The van der Waals surface area contributed by atoms with E-state index < -0.39 is 5.97 Å². The van der Waals surface area contributed by atoms with E-state index in [2.05, 4.69) is 5.16 Å². The van der Waals surface area contributed by atoms with Crippen LogP contribution in [-0.4, -0.2) is 16.2 Å². The van der Waals surface area contributed by atoms with Crippen molar-refractivity contribution in [3.63, 3.8) is 0 Å². The number of carbonyl (C=O) groups is 1. The van der Waals surface area contributed by atoms with E-state index in [1.165, 1.54) is 5.56 Å². The van der Waals surface area contributed by atoms with Crippen molar-refractivity contribution in [3.05, 3.63) is 65.2 Å². The average Bonchev–Trinajstić information content (AvgIpc) is 2.89. The SMILES string of the molecule is Cc1ccc(-c2noc(-c3ccccc3C(=O)O)c2C)cc1. The molecule has 1 heterocycles. The molecule has 2 aromatic carbocycles. The molecule has 1 aromatic heterocycles. The summed E-state index contributed by atoms with van der Waals surface area (Å²) in [5.74, 6) is -0.489. The van der Waals surface area contributed by atoms with Gasteiger partial charge >= 0.3 is 5.97 Å². The number of carboxylic acid groups (broad SMARTS) is 1. The van der Waals surface area contributed by atoms with E-state index in [0.29, 0.717) is 11.3 Å². The Morgan fingerprint density at radius 1 is 1.05 bits per heavy atom. The highest BCUT2D eigenvalue weighted by Gasteiger charge is 2.19. The smallest absolute Gasteiger partial charge is 0.336 e. The number of nitrogens with zero attached hydrogens (tertiary/aromatic N) is 1. The first-order valence-electron chi connectivity index (χ1n) is 6.94. The molecular weight excluding hydrogens is 278 g/mol. The number of hydrogen-bond acceptors (Lipinski definition) is 3. The molecule has 4 heteroatoms. The number of aromatic nitrogens is 1. The van der Waals surface area contributed by atoms with Crippen molar-refractivity contribution in [1.82, 2.24) is 5.16 Å². The van der Waals surface area contributed by atoms with E-state index in [4.69, 9.17) is 4.52 Å². The Balaban J connectivity index is 2.12. The molecule has 0 aliphatic carbocycles. The molecule has 0 radical (unpaired) electrons. The predicted octanol–water partition coefficient (Wildman–Crippen LogP) is 4.32. The third-order valence-corrected chi connectivity index (χ3v) is 3.65. The number of rotatable bonds is 3. The maximum Gasteiger partial charge on any atom is 0.336 e. The fourth-order valence-electron chi connectivity index (χ4n) is 2.44. The van der Waals surface area contributed by atoms with Crippen molar-refractivity contribution in [2.45, 2.75) is 13.8 Å². The van der Waals surface area contributed by atoms with E-state index in [1.807, 2.05) is 38.1 Å². The lowest BCUT2D eigenvalue weighted by Crippen LogP contribution is -1.99. The number of aryl methyl sites for hydroxylation is 1. The Labute approximate surface area is 128 Å². The highest BCUT2D eigenvalue weighted by Crippen LogP contribution is 2.33. The van der Waals surface area contributed by atoms with Crippen LogP contribution < -0.4 is 0 Å². The van der Waals surface area contributed by atoms with E-state index in [1.54, 1.807) is 24.3 Å². The van der Waals surface area contributed by atoms with Gasteiger partial charge in [0, 0.05) is 16.7 Å². The number of hydrogen-bond donors (Lipinski definition) is 1. The fraction of sp³-hybridized carbons (Fsp3) is 0.111. The zero-order valence-corrected chi connectivity index (χ0v) is 12.3. The quantitative estimate of drug-likeness (QED) is 0.781. The van der Waals surface area contributed by atoms with Gasteiger partial charge in [-0.15, -0.1) is 0 Å². The van der Waals surface area contributed by atoms with Crippen molar-refractivity contribution in [2.75, 3.05) is 0 Å². The molecular formula is C18H15NO3. The van der Waals surface area contributed by atoms with Crippen LogP contribution in [0, 0.1) is 13.8 Å². The molecule has 0 atom stereocenters. The summed E-state index contributed by atoms with van der Waals surface area (Å²) >= 11 is 0. The summed E-state index contributed by atoms with van der Waals surface area (Å²) < 4.78 is 5.44. The van der Waals surface area contributed by atoms with Crippen molar-refractivity contribution >= 4 is 5.97 Å². The number of carboxylic acids is 1. The third-order valence-electron chi connectivity index (χ3n) is 3.65. The van der Waals surface area contributed by atoms with Gasteiger partial charge in [-0.25, -0.2) is 4.79 Å². The lowest BCUT2D eigenvalue weighted by molar-refractivity contribution is 0.0697. The predicted molar refractivity (Wildman–Crippen MR) is 83.8 cm³/mol. The van der Waals surface area contributed by atoms with Gasteiger partial charge in [-0.2, -0.15) is 0 Å². The summed E-state index contributed by atoms with van der Waals surface area (Å²) in [6, 6.07) is 14.7. The highest BCUT2D eigenvalue weighted by molar-refractivity contribution is 5.96. The fourth-order valence-corrected chi connectivity index (χ4v) is 2.44. The minimum Gasteiger partial charge on any atom is -0.478 e. The molecule has 3 aromatic rings. The Bertz CT molecular complexity index is 832. The van der Waals surface area contributed by atoms with E-state index in [9.17, 15) is 9.90 Å². The molecule has 0 amide bonds. The third kappa shape index (κ3) is 2.39. The normalized spacial score (nSPS) is 10.6. The summed E-state index contributed by atoms with van der Waals surface area (Å²) in [6.45, 7) is 3.91. The molecule has 4 nitrogen and oxygen atoms in total. The van der Waals surface area contributed by atoms with Gasteiger partial charge in [-0.1, -0.05) is 53.2 Å². The molecule has 0 spiro atoms. The van der Waals surface area contributed by atoms with E-state index >= 15 is 0 Å². The molecule has 22 heavy (non-hydrogen) atoms. The van der Waals surface area contributed by atoms with E-state index in [-0.39, 0.29) is 5.56 Å². The summed E-state index contributed by atoms with van der Waals surface area (Å²) in [4.78, 5) is 11.4. The van der Waals surface area contributed by atoms with Crippen LogP contribution in [0.4, 0.5) is 0 Å². The van der Waals surface area contributed by atoms with Gasteiger partial charge in [0.05, 0.1) is 5.56 Å². The lowest BCUT2D eigenvalue weighted by Gasteiger charge is -2.03. The zero-order valence-electron chi connectivity index (χ0n) is 12.3. The van der Waals surface area contributed by atoms with Crippen molar-refractivity contribution < 1.29 is 14.4 Å². The van der Waals surface area contributed by atoms with Gasteiger partial charge in [0.1, 0.15) is 5.69 Å². The molecule has 0 saturated carbocycles. The maximum atomic E-state index is 11.4. The second-order valence-corrected chi connectivity index (χ2v) is 5.20. The Kier molecular flexibility index (Phi) is 3.51. The molecule has 0 fully saturated rings. The maximum absolute atomic E-state index is 11.4. The number of aromatic carboxylic acids is 1. The molecule has 110 valence electrons. The first-order valence-corrected chi connectivity index (χ1v) is 6.94. The Hall–Kier alpha value is -2.88. The Morgan fingerprint density at radius 2 is 1.73 bits per heavy atom. The molecule has 0 bridgehead atoms. The minimum atomic E-state index is -0.983. The summed E-state index contributed by atoms with van der Waals surface area (Å²) in [6.07, 6.45) is 0. The lowest BCUT2D eigenvalue weighted by atomic mass is 9.99. The van der Waals surface area contributed by atoms with Crippen LogP contribution in [-0.2, 0) is 0 Å². The highest BCUT2D eigenvalue weighted by atomic mass is 16.5. The molecule has 0 saturated heterocycles. The van der Waals surface area contributed by atoms with Crippen LogP contribution >= 0.6 is 0 Å². The minimum absolute atomic E-state index is 0.206. The molecule has 3 rings (SSSR count). The van der Waals surface area contributed by atoms with Gasteiger partial charge in [-0.3, -0.25) is 0 Å². The molecule has 0 unspecified atom stereocenters. The first-order chi connectivity index (χ1) is 10.6. The monoisotopic (exact) mass is 293 g/mol. The van der Waals surface area contributed by atoms with E-state index in [0.717, 1.165) is 16.8 Å². The van der Waals surface area contributed by atoms with Crippen molar-refractivity contribution in [2.24, 2.45) is 0 Å². The largest absolute Gasteiger partial charge is 0.478 e. The van der Waals surface area contributed by atoms with Crippen LogP contribution in [0.15, 0.2) is 53.1 Å². The summed E-state index contributed by atoms with van der Waals surface area (Å²) in [7, 11) is 0. The van der Waals surface area contributed by atoms with Gasteiger partial charge in [0.2, 0.25) is 0 Å². The first kappa shape index (κ1) is 14.1. The van der Waals surface area contributed by atoms with Gasteiger partial charge in [0.15, 0.2) is 5.76 Å². The van der Waals surface area contributed by atoms with Crippen LogP contribution in [0.3, 0.4) is 0 Å². The van der Waals surface area contributed by atoms with Crippen molar-refractivity contribution in [1.29, 1.82) is 0 Å². The average molecular weight is 293 g/mol. The van der Waals surface area contributed by atoms with Crippen LogP contribution in [0.1, 0.15) is 21.5 Å². The van der Waals surface area contributed by atoms with Crippen LogP contribution in [0.5, 0.6) is 0 Å². The van der Waals surface area contributed by atoms with Crippen LogP contribution in [0.2, 0.25) is 0 Å². The van der Waals surface area contributed by atoms with Crippen LogP contribution in [0.25, 0.3) is 22.6 Å². The second-order valence-electron chi connectivity index (χ2n) is 5.20. The molecule has 0 aliphatic rings. The van der Waals surface area contributed by atoms with Gasteiger partial charge in [-0.05, 0) is 19.9 Å². The van der Waals surface area contributed by atoms with Gasteiger partial charge < -0.3 is 9.63 Å². The summed E-state index contributed by atoms with van der Waals surface area (Å²) in [5, 5.41) is 13.4. The van der Waals surface area contributed by atoms with Gasteiger partial charge in [0.25, 0.3) is 0 Å². The second kappa shape index (κ2) is 5.48. The topological polar surface area (TPSA) is 63.3 Å². The Morgan fingerprint density at radius 3 is 2.41 bits per heavy atom. The molecule has 1 N–H and O–H groups in total. The van der Waals surface area contributed by atoms with Crippen molar-refractivity contribution in [3.8, 4) is 22.6 Å². The number of benzene rings is 2. The standard InChI is InChI=1S/C18H15NO3/c1-11-7-9-13(10-8-11)16-12(2)17(22-19-16)14-5-3-4-6-15(14)18(20)21/h3-10H,1-2H3,(H,20,21).